The molecule has 1 amide bonds. The Labute approximate surface area is 202 Å². The molecule has 7 nitrogen and oxygen atoms in total. The van der Waals surface area contributed by atoms with Gasteiger partial charge in [-0.25, -0.2) is 8.42 Å². The van der Waals surface area contributed by atoms with E-state index in [0.29, 0.717) is 24.3 Å². The molecule has 9 heteroatoms. The highest BCUT2D eigenvalue weighted by Crippen LogP contribution is 2.22. The lowest BCUT2D eigenvalue weighted by molar-refractivity contribution is 0.0629. The molecule has 5 rings (SSSR count). The summed E-state index contributed by atoms with van der Waals surface area (Å²) < 4.78 is 27.8. The number of piperazine rings is 1. The Bertz CT molecular complexity index is 1410. The SMILES string of the molecule is O=C(c1cccc(NS(=O)(=O)c2cccs2)c1)N1CCN(Cc2cccc3cccnc23)CC1. The fourth-order valence-electron chi connectivity index (χ4n) is 4.17. The number of nitrogens with one attached hydrogen (secondary N) is 1. The van der Waals surface area contributed by atoms with E-state index in [1.54, 1.807) is 41.8 Å². The molecular formula is C25H24N4O3S2. The van der Waals surface area contributed by atoms with Gasteiger partial charge in [0.05, 0.1) is 5.52 Å². The van der Waals surface area contributed by atoms with Crippen molar-refractivity contribution in [3.63, 3.8) is 0 Å². The summed E-state index contributed by atoms with van der Waals surface area (Å²) in [6.45, 7) is 3.54. The van der Waals surface area contributed by atoms with Gasteiger partial charge in [-0.05, 0) is 41.3 Å². The molecule has 0 aliphatic carbocycles. The maximum atomic E-state index is 13.1. The summed E-state index contributed by atoms with van der Waals surface area (Å²) in [5, 5.41) is 2.84. The quantitative estimate of drug-likeness (QED) is 0.439. The van der Waals surface area contributed by atoms with Crippen LogP contribution in [0.3, 0.4) is 0 Å². The first kappa shape index (κ1) is 22.5. The summed E-state index contributed by atoms with van der Waals surface area (Å²) in [5.74, 6) is -0.0938. The average molecular weight is 493 g/mol. The number of benzene rings is 2. The van der Waals surface area contributed by atoms with Crippen LogP contribution >= 0.6 is 11.3 Å². The molecule has 4 aromatic rings. The number of sulfonamides is 1. The average Bonchev–Trinajstić information content (AvgIpc) is 3.41. The third kappa shape index (κ3) is 4.82. The van der Waals surface area contributed by atoms with Crippen molar-refractivity contribution in [2.45, 2.75) is 10.8 Å². The van der Waals surface area contributed by atoms with E-state index in [2.05, 4.69) is 38.9 Å². The Morgan fingerprint density at radius 3 is 2.56 bits per heavy atom. The Balaban J connectivity index is 1.22. The molecule has 0 unspecified atom stereocenters. The fourth-order valence-corrected chi connectivity index (χ4v) is 6.21. The maximum absolute atomic E-state index is 13.1. The van der Waals surface area contributed by atoms with Crippen LogP contribution in [0, 0.1) is 0 Å². The van der Waals surface area contributed by atoms with Crippen molar-refractivity contribution < 1.29 is 13.2 Å². The third-order valence-corrected chi connectivity index (χ3v) is 8.67. The predicted octanol–water partition coefficient (Wildman–Crippen LogP) is 4.06. The normalized spacial score (nSPS) is 14.9. The first-order chi connectivity index (χ1) is 16.5. The summed E-state index contributed by atoms with van der Waals surface area (Å²) in [5.41, 5.74) is 3.05. The van der Waals surface area contributed by atoms with Crippen LogP contribution < -0.4 is 4.72 Å². The number of hydrogen-bond donors (Lipinski definition) is 1. The first-order valence-electron chi connectivity index (χ1n) is 11.0. The first-order valence-corrected chi connectivity index (χ1v) is 13.4. The number of aromatic nitrogens is 1. The van der Waals surface area contributed by atoms with E-state index in [1.165, 1.54) is 5.56 Å². The van der Waals surface area contributed by atoms with E-state index in [9.17, 15) is 13.2 Å². The second-order valence-corrected chi connectivity index (χ2v) is 11.0. The number of carbonyl (C=O) groups excluding carboxylic acids is 1. The second kappa shape index (κ2) is 9.54. The van der Waals surface area contributed by atoms with Crippen molar-refractivity contribution in [1.29, 1.82) is 0 Å². The number of carbonyl (C=O) groups is 1. The number of rotatable bonds is 6. The van der Waals surface area contributed by atoms with E-state index in [4.69, 9.17) is 0 Å². The van der Waals surface area contributed by atoms with Crippen molar-refractivity contribution in [2.24, 2.45) is 0 Å². The molecule has 0 bridgehead atoms. The smallest absolute Gasteiger partial charge is 0.271 e. The zero-order valence-electron chi connectivity index (χ0n) is 18.4. The van der Waals surface area contributed by atoms with Crippen LogP contribution in [0.15, 0.2) is 82.5 Å². The monoisotopic (exact) mass is 492 g/mol. The number of hydrogen-bond acceptors (Lipinski definition) is 6. The van der Waals surface area contributed by atoms with Crippen LogP contribution in [-0.2, 0) is 16.6 Å². The largest absolute Gasteiger partial charge is 0.336 e. The van der Waals surface area contributed by atoms with Crippen molar-refractivity contribution in [2.75, 3.05) is 30.9 Å². The highest BCUT2D eigenvalue weighted by atomic mass is 32.2. The summed E-state index contributed by atoms with van der Waals surface area (Å²) in [6.07, 6.45) is 1.82. The molecule has 1 aliphatic rings. The van der Waals surface area contributed by atoms with Crippen LogP contribution in [-0.4, -0.2) is 55.3 Å². The fraction of sp³-hybridized carbons (Fsp3) is 0.200. The lowest BCUT2D eigenvalue weighted by atomic mass is 10.1. The van der Waals surface area contributed by atoms with Gasteiger partial charge in [0.25, 0.3) is 15.9 Å². The van der Waals surface area contributed by atoms with Crippen molar-refractivity contribution in [1.82, 2.24) is 14.8 Å². The molecule has 3 heterocycles. The van der Waals surface area contributed by atoms with E-state index >= 15 is 0 Å². The Kier molecular flexibility index (Phi) is 6.32. The van der Waals surface area contributed by atoms with Gasteiger partial charge in [0, 0.05) is 55.6 Å². The van der Waals surface area contributed by atoms with Gasteiger partial charge in [-0.2, -0.15) is 0 Å². The number of anilines is 1. The molecule has 1 saturated heterocycles. The van der Waals surface area contributed by atoms with Crippen molar-refractivity contribution >= 4 is 43.9 Å². The molecule has 34 heavy (non-hydrogen) atoms. The summed E-state index contributed by atoms with van der Waals surface area (Å²) in [6, 6.07) is 20.1. The highest BCUT2D eigenvalue weighted by Gasteiger charge is 2.23. The number of thiophene rings is 1. The zero-order chi connectivity index (χ0) is 23.5. The lowest BCUT2D eigenvalue weighted by Gasteiger charge is -2.35. The number of nitrogens with zero attached hydrogens (tertiary/aromatic N) is 3. The zero-order valence-corrected chi connectivity index (χ0v) is 20.1. The number of fused-ring (bicyclic) bond motifs is 1. The maximum Gasteiger partial charge on any atom is 0.271 e. The van der Waals surface area contributed by atoms with Crippen LogP contribution in [0.4, 0.5) is 5.69 Å². The van der Waals surface area contributed by atoms with E-state index in [1.807, 2.05) is 17.2 Å². The number of para-hydroxylation sites is 1. The topological polar surface area (TPSA) is 82.6 Å². The molecule has 0 saturated carbocycles. The molecule has 0 atom stereocenters. The summed E-state index contributed by atoms with van der Waals surface area (Å²) in [4.78, 5) is 21.8. The van der Waals surface area contributed by atoms with Gasteiger partial charge in [-0.3, -0.25) is 19.4 Å². The minimum absolute atomic E-state index is 0.0938. The van der Waals surface area contributed by atoms with Gasteiger partial charge < -0.3 is 4.90 Å². The van der Waals surface area contributed by atoms with Crippen molar-refractivity contribution in [3.05, 3.63) is 89.4 Å². The Morgan fingerprint density at radius 1 is 0.971 bits per heavy atom. The minimum Gasteiger partial charge on any atom is -0.336 e. The van der Waals surface area contributed by atoms with Crippen LogP contribution in [0.25, 0.3) is 10.9 Å². The third-order valence-electron chi connectivity index (χ3n) is 5.89. The Morgan fingerprint density at radius 2 is 1.76 bits per heavy atom. The van der Waals surface area contributed by atoms with Gasteiger partial charge in [0.1, 0.15) is 4.21 Å². The molecule has 2 aromatic carbocycles. The lowest BCUT2D eigenvalue weighted by Crippen LogP contribution is -2.48. The van der Waals surface area contributed by atoms with Gasteiger partial charge in [0.15, 0.2) is 0 Å². The second-order valence-electron chi connectivity index (χ2n) is 8.18. The molecule has 2 aromatic heterocycles. The molecular weight excluding hydrogens is 468 g/mol. The molecule has 1 aliphatic heterocycles. The van der Waals surface area contributed by atoms with E-state index in [-0.39, 0.29) is 10.1 Å². The van der Waals surface area contributed by atoms with Gasteiger partial charge in [-0.15, -0.1) is 11.3 Å². The molecule has 174 valence electrons. The molecule has 0 spiro atoms. The van der Waals surface area contributed by atoms with Crippen LogP contribution in [0.2, 0.25) is 0 Å². The molecule has 1 N–H and O–H groups in total. The molecule has 0 radical (unpaired) electrons. The van der Waals surface area contributed by atoms with Crippen LogP contribution in [0.1, 0.15) is 15.9 Å². The van der Waals surface area contributed by atoms with E-state index < -0.39 is 10.0 Å². The van der Waals surface area contributed by atoms with Crippen LogP contribution in [0.5, 0.6) is 0 Å². The number of pyridine rings is 1. The highest BCUT2D eigenvalue weighted by molar-refractivity contribution is 7.94. The van der Waals surface area contributed by atoms with E-state index in [0.717, 1.165) is 41.9 Å². The van der Waals surface area contributed by atoms with Gasteiger partial charge >= 0.3 is 0 Å². The van der Waals surface area contributed by atoms with Gasteiger partial charge in [-0.1, -0.05) is 36.4 Å². The Hall–Kier alpha value is -3.27. The molecule has 1 fully saturated rings. The van der Waals surface area contributed by atoms with Gasteiger partial charge in [0.2, 0.25) is 0 Å². The standard InChI is InChI=1S/C25H24N4O3S2/c30-25(20-6-2-9-22(17-20)27-34(31,32)23-10-4-16-33-23)29-14-12-28(13-15-29)18-21-7-1-5-19-8-3-11-26-24(19)21/h1-11,16-17,27H,12-15,18H2. The minimum atomic E-state index is -3.66. The number of amides is 1. The summed E-state index contributed by atoms with van der Waals surface area (Å²) >= 11 is 1.15. The predicted molar refractivity (Wildman–Crippen MR) is 134 cm³/mol. The summed E-state index contributed by atoms with van der Waals surface area (Å²) in [7, 11) is -3.66. The van der Waals surface area contributed by atoms with Crippen molar-refractivity contribution in [3.8, 4) is 0 Å².